The molecule has 0 N–H and O–H groups in total. The van der Waals surface area contributed by atoms with E-state index in [1.165, 1.54) is 0 Å². The summed E-state index contributed by atoms with van der Waals surface area (Å²) in [6, 6.07) is 26.0. The van der Waals surface area contributed by atoms with Crippen molar-refractivity contribution in [2.75, 3.05) is 0 Å². The van der Waals surface area contributed by atoms with Gasteiger partial charge in [0, 0.05) is 11.8 Å². The summed E-state index contributed by atoms with van der Waals surface area (Å²) < 4.78 is 0. The summed E-state index contributed by atoms with van der Waals surface area (Å²) in [6.07, 6.45) is 3.86. The van der Waals surface area contributed by atoms with Gasteiger partial charge in [0.1, 0.15) is 0 Å². The molecular weight excluding hydrogens is 266 g/mol. The molecule has 1 nitrogen and oxygen atoms in total. The standard InChI is InChI=1S/C21H15N/c1-3-9-18(10-4-1)14-15-20(21-13-7-8-16-22-21)17-19-11-5-2-6-12-19/h1-13,16-17H. The molecule has 2 aromatic carbocycles. The van der Waals surface area contributed by atoms with Crippen LogP contribution < -0.4 is 0 Å². The molecule has 0 amide bonds. The van der Waals surface area contributed by atoms with Crippen LogP contribution in [-0.4, -0.2) is 4.98 Å². The zero-order chi connectivity index (χ0) is 15.0. The topological polar surface area (TPSA) is 12.9 Å². The van der Waals surface area contributed by atoms with Gasteiger partial charge >= 0.3 is 0 Å². The second-order valence-corrected chi connectivity index (χ2v) is 4.80. The predicted molar refractivity (Wildman–Crippen MR) is 91.9 cm³/mol. The molecule has 1 heteroatoms. The zero-order valence-electron chi connectivity index (χ0n) is 12.1. The number of hydrogen-bond acceptors (Lipinski definition) is 1. The number of pyridine rings is 1. The lowest BCUT2D eigenvalue weighted by molar-refractivity contribution is 1.29. The molecule has 0 spiro atoms. The lowest BCUT2D eigenvalue weighted by atomic mass is 10.1. The largest absolute Gasteiger partial charge is 0.256 e. The first-order valence-electron chi connectivity index (χ1n) is 7.17. The van der Waals surface area contributed by atoms with Crippen molar-refractivity contribution in [3.05, 3.63) is 102 Å². The van der Waals surface area contributed by atoms with Gasteiger partial charge in [-0.25, -0.2) is 0 Å². The molecule has 3 aromatic rings. The zero-order valence-corrected chi connectivity index (χ0v) is 12.1. The summed E-state index contributed by atoms with van der Waals surface area (Å²) in [5.74, 6) is 6.45. The predicted octanol–water partition coefficient (Wildman–Crippen LogP) is 4.67. The van der Waals surface area contributed by atoms with Gasteiger partial charge in [-0.1, -0.05) is 66.4 Å². The second-order valence-electron chi connectivity index (χ2n) is 4.80. The van der Waals surface area contributed by atoms with E-state index in [1.807, 2.05) is 66.7 Å². The molecule has 0 aliphatic rings. The third-order valence-electron chi connectivity index (χ3n) is 3.17. The molecule has 0 unspecified atom stereocenters. The van der Waals surface area contributed by atoms with Gasteiger partial charge in [-0.05, 0) is 35.9 Å². The fraction of sp³-hybridized carbons (Fsp3) is 0. The SMILES string of the molecule is C(#Cc1ccccc1)C(=Cc1ccccc1)c1ccccn1. The summed E-state index contributed by atoms with van der Waals surface area (Å²) in [5.41, 5.74) is 3.91. The van der Waals surface area contributed by atoms with Crippen molar-refractivity contribution >= 4 is 11.6 Å². The first-order chi connectivity index (χ1) is 10.9. The second kappa shape index (κ2) is 7.06. The number of benzene rings is 2. The van der Waals surface area contributed by atoms with Crippen molar-refractivity contribution in [1.29, 1.82) is 0 Å². The Kier molecular flexibility index (Phi) is 4.44. The highest BCUT2D eigenvalue weighted by Gasteiger charge is 1.99. The minimum absolute atomic E-state index is 0.884. The first-order valence-corrected chi connectivity index (χ1v) is 7.17. The highest BCUT2D eigenvalue weighted by molar-refractivity contribution is 5.90. The van der Waals surface area contributed by atoms with Gasteiger partial charge in [-0.15, -0.1) is 0 Å². The maximum absolute atomic E-state index is 4.42. The molecule has 0 radical (unpaired) electrons. The Bertz CT molecular complexity index is 807. The maximum Gasteiger partial charge on any atom is 0.0786 e. The Hall–Kier alpha value is -3.11. The van der Waals surface area contributed by atoms with Gasteiger partial charge in [0.25, 0.3) is 0 Å². The van der Waals surface area contributed by atoms with E-state index in [1.54, 1.807) is 6.20 Å². The van der Waals surface area contributed by atoms with E-state index in [0.717, 1.165) is 22.4 Å². The van der Waals surface area contributed by atoms with Crippen molar-refractivity contribution < 1.29 is 0 Å². The lowest BCUT2D eigenvalue weighted by Gasteiger charge is -2.00. The van der Waals surface area contributed by atoms with Gasteiger partial charge < -0.3 is 0 Å². The molecule has 0 aliphatic carbocycles. The maximum atomic E-state index is 4.42. The van der Waals surface area contributed by atoms with Crippen LogP contribution in [0.25, 0.3) is 11.6 Å². The monoisotopic (exact) mass is 281 g/mol. The number of nitrogens with zero attached hydrogens (tertiary/aromatic N) is 1. The first kappa shape index (κ1) is 13.9. The number of hydrogen-bond donors (Lipinski definition) is 0. The number of allylic oxidation sites excluding steroid dienone is 1. The summed E-state index contributed by atoms with van der Waals surface area (Å²) in [4.78, 5) is 4.42. The molecule has 22 heavy (non-hydrogen) atoms. The van der Waals surface area contributed by atoms with Crippen LogP contribution in [-0.2, 0) is 0 Å². The Morgan fingerprint density at radius 3 is 2.14 bits per heavy atom. The van der Waals surface area contributed by atoms with Crippen LogP contribution in [0.15, 0.2) is 85.1 Å². The third-order valence-corrected chi connectivity index (χ3v) is 3.17. The van der Waals surface area contributed by atoms with E-state index < -0.39 is 0 Å². The van der Waals surface area contributed by atoms with Crippen LogP contribution in [0.2, 0.25) is 0 Å². The van der Waals surface area contributed by atoms with E-state index >= 15 is 0 Å². The molecule has 0 atom stereocenters. The van der Waals surface area contributed by atoms with Crippen molar-refractivity contribution in [1.82, 2.24) is 4.98 Å². The van der Waals surface area contributed by atoms with E-state index in [4.69, 9.17) is 0 Å². The van der Waals surface area contributed by atoms with E-state index in [2.05, 4.69) is 35.0 Å². The fourth-order valence-corrected chi connectivity index (χ4v) is 2.07. The molecule has 0 saturated carbocycles. The number of rotatable bonds is 2. The van der Waals surface area contributed by atoms with Crippen LogP contribution in [0, 0.1) is 11.8 Å². The van der Waals surface area contributed by atoms with Gasteiger partial charge in [0.15, 0.2) is 0 Å². The lowest BCUT2D eigenvalue weighted by Crippen LogP contribution is -1.86. The van der Waals surface area contributed by atoms with Gasteiger partial charge in [-0.2, -0.15) is 0 Å². The van der Waals surface area contributed by atoms with Crippen LogP contribution in [0.3, 0.4) is 0 Å². The molecule has 0 bridgehead atoms. The van der Waals surface area contributed by atoms with Crippen LogP contribution in [0.1, 0.15) is 16.8 Å². The minimum atomic E-state index is 0.884. The highest BCUT2D eigenvalue weighted by Crippen LogP contribution is 2.15. The smallest absolute Gasteiger partial charge is 0.0786 e. The number of aromatic nitrogens is 1. The summed E-state index contributed by atoms with van der Waals surface area (Å²) >= 11 is 0. The molecule has 104 valence electrons. The molecule has 3 rings (SSSR count). The van der Waals surface area contributed by atoms with Crippen molar-refractivity contribution in [3.8, 4) is 11.8 Å². The normalized spacial score (nSPS) is 10.6. The average molecular weight is 281 g/mol. The Balaban J connectivity index is 2.01. The molecule has 0 saturated heterocycles. The Morgan fingerprint density at radius 1 is 0.773 bits per heavy atom. The quantitative estimate of drug-likeness (QED) is 0.622. The van der Waals surface area contributed by atoms with Crippen molar-refractivity contribution in [2.45, 2.75) is 0 Å². The van der Waals surface area contributed by atoms with Crippen LogP contribution >= 0.6 is 0 Å². The van der Waals surface area contributed by atoms with Crippen molar-refractivity contribution in [3.63, 3.8) is 0 Å². The van der Waals surface area contributed by atoms with E-state index in [9.17, 15) is 0 Å². The van der Waals surface area contributed by atoms with Crippen LogP contribution in [0.5, 0.6) is 0 Å². The Labute approximate surface area is 131 Å². The van der Waals surface area contributed by atoms with Gasteiger partial charge in [0.2, 0.25) is 0 Å². The molecular formula is C21H15N. The minimum Gasteiger partial charge on any atom is -0.256 e. The van der Waals surface area contributed by atoms with Crippen LogP contribution in [0.4, 0.5) is 0 Å². The summed E-state index contributed by atoms with van der Waals surface area (Å²) in [6.45, 7) is 0. The highest BCUT2D eigenvalue weighted by atomic mass is 14.7. The van der Waals surface area contributed by atoms with Gasteiger partial charge in [-0.3, -0.25) is 4.98 Å². The van der Waals surface area contributed by atoms with E-state index in [-0.39, 0.29) is 0 Å². The molecule has 0 aliphatic heterocycles. The Morgan fingerprint density at radius 2 is 1.45 bits per heavy atom. The average Bonchev–Trinajstić information content (AvgIpc) is 2.61. The van der Waals surface area contributed by atoms with Gasteiger partial charge in [0.05, 0.1) is 11.3 Å². The summed E-state index contributed by atoms with van der Waals surface area (Å²) in [5, 5.41) is 0. The summed E-state index contributed by atoms with van der Waals surface area (Å²) in [7, 11) is 0. The van der Waals surface area contributed by atoms with Crippen molar-refractivity contribution in [2.24, 2.45) is 0 Å². The molecule has 1 aromatic heterocycles. The molecule has 1 heterocycles. The van der Waals surface area contributed by atoms with E-state index in [0.29, 0.717) is 0 Å². The third kappa shape index (κ3) is 3.71. The fourth-order valence-electron chi connectivity index (χ4n) is 2.07. The molecule has 0 fully saturated rings.